The molecule has 5 nitrogen and oxygen atoms in total. The Kier molecular flexibility index (Phi) is 3.41. The van der Waals surface area contributed by atoms with Gasteiger partial charge in [-0.05, 0) is 31.9 Å². The summed E-state index contributed by atoms with van der Waals surface area (Å²) in [5, 5.41) is 8.37. The second-order valence-corrected chi connectivity index (χ2v) is 4.88. The lowest BCUT2D eigenvalue weighted by Crippen LogP contribution is -2.03. The number of aromatic nitrogens is 5. The highest BCUT2D eigenvalue weighted by atomic mass is 15.4. The number of aryl methyl sites for hydroxylation is 2. The molecule has 0 aliphatic rings. The van der Waals surface area contributed by atoms with Crippen molar-refractivity contribution in [2.75, 3.05) is 0 Å². The first-order chi connectivity index (χ1) is 9.78. The molecule has 0 saturated carbocycles. The van der Waals surface area contributed by atoms with Crippen LogP contribution < -0.4 is 0 Å². The van der Waals surface area contributed by atoms with Gasteiger partial charge in [-0.3, -0.25) is 0 Å². The third-order valence-electron chi connectivity index (χ3n) is 3.26. The number of nitrogens with zero attached hydrogens (tertiary/aromatic N) is 5. The van der Waals surface area contributed by atoms with Crippen LogP contribution in [-0.2, 0) is 6.42 Å². The maximum Gasteiger partial charge on any atom is 0.177 e. The van der Waals surface area contributed by atoms with Crippen LogP contribution in [0.4, 0.5) is 0 Å². The molecule has 1 aromatic carbocycles. The van der Waals surface area contributed by atoms with Crippen molar-refractivity contribution in [3.8, 4) is 5.82 Å². The van der Waals surface area contributed by atoms with Crippen molar-refractivity contribution in [1.82, 2.24) is 25.0 Å². The van der Waals surface area contributed by atoms with Gasteiger partial charge in [-0.25, -0.2) is 14.6 Å². The lowest BCUT2D eigenvalue weighted by Gasteiger charge is -2.05. The average Bonchev–Trinajstić information content (AvgIpc) is 2.93. The number of hydrogen-bond donors (Lipinski definition) is 0. The second kappa shape index (κ2) is 5.36. The van der Waals surface area contributed by atoms with Crippen LogP contribution in [0.1, 0.15) is 31.2 Å². The van der Waals surface area contributed by atoms with Crippen LogP contribution in [-0.4, -0.2) is 25.0 Å². The highest BCUT2D eigenvalue weighted by molar-refractivity contribution is 5.75. The fraction of sp³-hybridized carbons (Fsp3) is 0.333. The summed E-state index contributed by atoms with van der Waals surface area (Å²) in [4.78, 5) is 9.21. The lowest BCUT2D eigenvalue weighted by molar-refractivity contribution is 0.753. The maximum absolute atomic E-state index is 4.64. The minimum Gasteiger partial charge on any atom is -0.248 e. The van der Waals surface area contributed by atoms with Gasteiger partial charge in [-0.2, -0.15) is 0 Å². The summed E-state index contributed by atoms with van der Waals surface area (Å²) < 4.78 is 1.72. The van der Waals surface area contributed by atoms with Crippen LogP contribution in [0.15, 0.2) is 30.5 Å². The molecule has 0 N–H and O–H groups in total. The zero-order chi connectivity index (χ0) is 13.9. The molecule has 0 spiro atoms. The van der Waals surface area contributed by atoms with E-state index < -0.39 is 0 Å². The zero-order valence-corrected chi connectivity index (χ0v) is 11.7. The van der Waals surface area contributed by atoms with Crippen molar-refractivity contribution in [2.24, 2.45) is 0 Å². The average molecular weight is 267 g/mol. The van der Waals surface area contributed by atoms with Gasteiger partial charge in [0, 0.05) is 0 Å². The highest BCUT2D eigenvalue weighted by Crippen LogP contribution is 2.15. The van der Waals surface area contributed by atoms with Gasteiger partial charge in [-0.15, -0.1) is 5.10 Å². The molecule has 0 amide bonds. The van der Waals surface area contributed by atoms with Gasteiger partial charge in [0.2, 0.25) is 0 Å². The van der Waals surface area contributed by atoms with E-state index in [9.17, 15) is 0 Å². The van der Waals surface area contributed by atoms with Gasteiger partial charge in [0.1, 0.15) is 0 Å². The molecule has 0 aliphatic heterocycles. The number of hydrogen-bond acceptors (Lipinski definition) is 4. The van der Waals surface area contributed by atoms with Gasteiger partial charge in [0.15, 0.2) is 5.82 Å². The largest absolute Gasteiger partial charge is 0.248 e. The Labute approximate surface area is 117 Å². The Morgan fingerprint density at radius 1 is 1.10 bits per heavy atom. The summed E-state index contributed by atoms with van der Waals surface area (Å²) in [6.07, 6.45) is 5.18. The predicted octanol–water partition coefficient (Wildman–Crippen LogP) is 2.86. The summed E-state index contributed by atoms with van der Waals surface area (Å²) in [6, 6.07) is 7.85. The van der Waals surface area contributed by atoms with E-state index in [1.54, 1.807) is 4.68 Å². The molecule has 0 unspecified atom stereocenters. The monoisotopic (exact) mass is 267 g/mol. The molecule has 0 bridgehead atoms. The maximum atomic E-state index is 4.64. The van der Waals surface area contributed by atoms with E-state index in [1.165, 1.54) is 0 Å². The summed E-state index contributed by atoms with van der Waals surface area (Å²) in [5.41, 5.74) is 3.63. The number of rotatable bonds is 4. The third-order valence-corrected chi connectivity index (χ3v) is 3.26. The van der Waals surface area contributed by atoms with Crippen LogP contribution in [0.25, 0.3) is 16.9 Å². The smallest absolute Gasteiger partial charge is 0.177 e. The Morgan fingerprint density at radius 3 is 2.60 bits per heavy atom. The van der Waals surface area contributed by atoms with Crippen molar-refractivity contribution < 1.29 is 0 Å². The van der Waals surface area contributed by atoms with E-state index in [0.29, 0.717) is 0 Å². The molecule has 0 saturated heterocycles. The number of unbranched alkanes of at least 4 members (excludes halogenated alkanes) is 1. The standard InChI is InChI=1S/C15H17N5/c1-3-4-7-12-10-20(19-18-12)15-11(2)16-13-8-5-6-9-14(13)17-15/h5-6,8-10H,3-4,7H2,1-2H3. The molecule has 0 radical (unpaired) electrons. The Morgan fingerprint density at radius 2 is 1.85 bits per heavy atom. The van der Waals surface area contributed by atoms with Crippen molar-refractivity contribution in [3.63, 3.8) is 0 Å². The van der Waals surface area contributed by atoms with E-state index in [4.69, 9.17) is 0 Å². The van der Waals surface area contributed by atoms with Gasteiger partial charge < -0.3 is 0 Å². The molecular formula is C15H17N5. The number of benzene rings is 1. The van der Waals surface area contributed by atoms with Crippen LogP contribution in [0.3, 0.4) is 0 Å². The molecule has 102 valence electrons. The molecule has 3 aromatic rings. The van der Waals surface area contributed by atoms with Crippen LogP contribution in [0, 0.1) is 6.92 Å². The fourth-order valence-corrected chi connectivity index (χ4v) is 2.17. The van der Waals surface area contributed by atoms with Crippen molar-refractivity contribution >= 4 is 11.0 Å². The molecule has 0 aliphatic carbocycles. The Bertz CT molecular complexity index is 732. The second-order valence-electron chi connectivity index (χ2n) is 4.88. The Balaban J connectivity index is 2.00. The van der Waals surface area contributed by atoms with Gasteiger partial charge in [0.05, 0.1) is 28.6 Å². The van der Waals surface area contributed by atoms with E-state index in [1.807, 2.05) is 37.4 Å². The van der Waals surface area contributed by atoms with Gasteiger partial charge >= 0.3 is 0 Å². The van der Waals surface area contributed by atoms with Crippen molar-refractivity contribution in [1.29, 1.82) is 0 Å². The van der Waals surface area contributed by atoms with Crippen LogP contribution in [0.2, 0.25) is 0 Å². The van der Waals surface area contributed by atoms with E-state index in [0.717, 1.165) is 47.5 Å². The molecule has 2 aromatic heterocycles. The molecule has 0 fully saturated rings. The quantitative estimate of drug-likeness (QED) is 0.729. The molecule has 3 rings (SSSR count). The number of para-hydroxylation sites is 2. The van der Waals surface area contributed by atoms with E-state index in [2.05, 4.69) is 27.2 Å². The molecular weight excluding hydrogens is 250 g/mol. The molecule has 0 atom stereocenters. The Hall–Kier alpha value is -2.30. The first-order valence-electron chi connectivity index (χ1n) is 6.93. The van der Waals surface area contributed by atoms with Gasteiger partial charge in [0.25, 0.3) is 0 Å². The first-order valence-corrected chi connectivity index (χ1v) is 6.93. The minimum atomic E-state index is 0.749. The summed E-state index contributed by atoms with van der Waals surface area (Å²) in [7, 11) is 0. The summed E-state index contributed by atoms with van der Waals surface area (Å²) in [5.74, 6) is 0.749. The first kappa shape index (κ1) is 12.7. The fourth-order valence-electron chi connectivity index (χ4n) is 2.17. The van der Waals surface area contributed by atoms with Crippen molar-refractivity contribution in [3.05, 3.63) is 41.9 Å². The highest BCUT2D eigenvalue weighted by Gasteiger charge is 2.09. The zero-order valence-electron chi connectivity index (χ0n) is 11.7. The SMILES string of the molecule is CCCCc1cn(-c2nc3ccccc3nc2C)nn1. The van der Waals surface area contributed by atoms with Gasteiger partial charge in [-0.1, -0.05) is 30.7 Å². The predicted molar refractivity (Wildman–Crippen MR) is 77.8 cm³/mol. The van der Waals surface area contributed by atoms with Crippen LogP contribution >= 0.6 is 0 Å². The van der Waals surface area contributed by atoms with Crippen LogP contribution in [0.5, 0.6) is 0 Å². The lowest BCUT2D eigenvalue weighted by atomic mass is 10.2. The van der Waals surface area contributed by atoms with Crippen molar-refractivity contribution in [2.45, 2.75) is 33.1 Å². The minimum absolute atomic E-state index is 0.749. The molecule has 20 heavy (non-hydrogen) atoms. The topological polar surface area (TPSA) is 56.5 Å². The normalized spacial score (nSPS) is 11.1. The third kappa shape index (κ3) is 2.39. The summed E-state index contributed by atoms with van der Waals surface area (Å²) in [6.45, 7) is 4.12. The van der Waals surface area contributed by atoms with E-state index in [-0.39, 0.29) is 0 Å². The molecule has 5 heteroatoms. The molecule has 2 heterocycles. The van der Waals surface area contributed by atoms with E-state index >= 15 is 0 Å². The summed E-state index contributed by atoms with van der Waals surface area (Å²) >= 11 is 0. The number of fused-ring (bicyclic) bond motifs is 1.